The van der Waals surface area contributed by atoms with Crippen molar-refractivity contribution >= 4 is 15.9 Å². The summed E-state index contributed by atoms with van der Waals surface area (Å²) in [5, 5.41) is 0. The summed E-state index contributed by atoms with van der Waals surface area (Å²) >= 11 is 0. The van der Waals surface area contributed by atoms with Gasteiger partial charge in [0.05, 0.1) is 25.5 Å². The molecule has 1 N–H and O–H groups in total. The Morgan fingerprint density at radius 1 is 1.26 bits per heavy atom. The third kappa shape index (κ3) is 4.13. The summed E-state index contributed by atoms with van der Waals surface area (Å²) < 4.78 is 35.1. The van der Waals surface area contributed by atoms with E-state index in [2.05, 4.69) is 0 Å². The number of nitrogens with one attached hydrogen (secondary N) is 1. The van der Waals surface area contributed by atoms with Gasteiger partial charge in [-0.1, -0.05) is 6.92 Å². The van der Waals surface area contributed by atoms with Gasteiger partial charge in [-0.3, -0.25) is 4.79 Å². The molecule has 19 heavy (non-hydrogen) atoms. The van der Waals surface area contributed by atoms with Crippen LogP contribution < -0.4 is 14.2 Å². The molecule has 0 heterocycles. The molecular formula is C12H17NO5S. The Bertz CT molecular complexity index is 553. The lowest BCUT2D eigenvalue weighted by Gasteiger charge is -2.10. The quantitative estimate of drug-likeness (QED) is 0.849. The first-order chi connectivity index (χ1) is 8.93. The first-order valence-corrected chi connectivity index (χ1v) is 7.35. The van der Waals surface area contributed by atoms with Crippen LogP contribution in [0.1, 0.15) is 23.7 Å². The Morgan fingerprint density at radius 2 is 1.95 bits per heavy atom. The Morgan fingerprint density at radius 3 is 2.47 bits per heavy atom. The fraction of sp³-hybridized carbons (Fsp3) is 0.417. The van der Waals surface area contributed by atoms with Gasteiger partial charge in [-0.2, -0.15) is 0 Å². The third-order valence-corrected chi connectivity index (χ3v) is 3.82. The van der Waals surface area contributed by atoms with Crippen LogP contribution in [0.5, 0.6) is 11.5 Å². The van der Waals surface area contributed by atoms with Crippen molar-refractivity contribution in [3.8, 4) is 11.5 Å². The zero-order valence-corrected chi connectivity index (χ0v) is 11.9. The van der Waals surface area contributed by atoms with Gasteiger partial charge in [-0.05, 0) is 18.6 Å². The fourth-order valence-corrected chi connectivity index (χ4v) is 2.53. The molecule has 1 amide bonds. The van der Waals surface area contributed by atoms with Crippen LogP contribution >= 0.6 is 0 Å². The summed E-state index contributed by atoms with van der Waals surface area (Å²) in [5.41, 5.74) is 0.142. The second-order valence-electron chi connectivity index (χ2n) is 3.82. The second-order valence-corrected chi connectivity index (χ2v) is 5.66. The van der Waals surface area contributed by atoms with Crippen LogP contribution in [-0.2, 0) is 10.0 Å². The Hall–Kier alpha value is -1.76. The molecule has 0 fully saturated rings. The summed E-state index contributed by atoms with van der Waals surface area (Å²) in [6, 6.07) is 4.53. The average molecular weight is 287 g/mol. The van der Waals surface area contributed by atoms with Crippen molar-refractivity contribution in [1.29, 1.82) is 0 Å². The molecule has 7 heteroatoms. The lowest BCUT2D eigenvalue weighted by molar-refractivity contribution is 0.0978. The number of ether oxygens (including phenoxy) is 2. The number of methoxy groups -OCH3 is 2. The molecule has 0 radical (unpaired) electrons. The monoisotopic (exact) mass is 287 g/mol. The molecule has 0 saturated carbocycles. The summed E-state index contributed by atoms with van der Waals surface area (Å²) in [5.74, 6) is -0.0432. The zero-order valence-electron chi connectivity index (χ0n) is 11.1. The van der Waals surface area contributed by atoms with E-state index < -0.39 is 15.9 Å². The fourth-order valence-electron chi connectivity index (χ4n) is 1.50. The minimum absolute atomic E-state index is 0.1000. The Kier molecular flexibility index (Phi) is 5.17. The van der Waals surface area contributed by atoms with Crippen molar-refractivity contribution < 1.29 is 22.7 Å². The highest BCUT2D eigenvalue weighted by molar-refractivity contribution is 7.90. The number of carbonyl (C=O) groups excluding carboxylic acids is 1. The molecular weight excluding hydrogens is 270 g/mol. The minimum atomic E-state index is -3.61. The molecule has 1 aromatic carbocycles. The molecule has 0 aliphatic rings. The third-order valence-electron chi connectivity index (χ3n) is 2.37. The first kappa shape index (κ1) is 15.3. The second kappa shape index (κ2) is 6.42. The molecule has 1 rings (SSSR count). The maximum atomic E-state index is 11.9. The molecule has 0 aliphatic heterocycles. The predicted molar refractivity (Wildman–Crippen MR) is 71.1 cm³/mol. The van der Waals surface area contributed by atoms with E-state index in [9.17, 15) is 13.2 Å². The summed E-state index contributed by atoms with van der Waals surface area (Å²) in [6.07, 6.45) is 0.433. The lowest BCUT2D eigenvalue weighted by atomic mass is 10.2. The van der Waals surface area contributed by atoms with Gasteiger partial charge >= 0.3 is 0 Å². The minimum Gasteiger partial charge on any atom is -0.497 e. The number of rotatable bonds is 6. The molecule has 0 unspecified atom stereocenters. The number of carbonyl (C=O) groups is 1. The van der Waals surface area contributed by atoms with E-state index in [4.69, 9.17) is 9.47 Å². The number of hydrogen-bond donors (Lipinski definition) is 1. The van der Waals surface area contributed by atoms with Crippen molar-refractivity contribution in [3.05, 3.63) is 23.8 Å². The van der Waals surface area contributed by atoms with Crippen molar-refractivity contribution in [3.63, 3.8) is 0 Å². The van der Waals surface area contributed by atoms with E-state index in [0.29, 0.717) is 12.2 Å². The van der Waals surface area contributed by atoms with Crippen LogP contribution in [0.2, 0.25) is 0 Å². The lowest BCUT2D eigenvalue weighted by Crippen LogP contribution is -2.32. The number of sulfonamides is 1. The molecule has 1 aromatic rings. The zero-order chi connectivity index (χ0) is 14.5. The summed E-state index contributed by atoms with van der Waals surface area (Å²) in [6.45, 7) is 1.72. The highest BCUT2D eigenvalue weighted by atomic mass is 32.2. The highest BCUT2D eigenvalue weighted by Gasteiger charge is 2.18. The van der Waals surface area contributed by atoms with Gasteiger partial charge in [0.15, 0.2) is 0 Å². The summed E-state index contributed by atoms with van der Waals surface area (Å²) in [7, 11) is -0.725. The van der Waals surface area contributed by atoms with Crippen LogP contribution in [0.15, 0.2) is 18.2 Å². The number of benzene rings is 1. The van der Waals surface area contributed by atoms with Crippen molar-refractivity contribution in [1.82, 2.24) is 4.72 Å². The van der Waals surface area contributed by atoms with Gasteiger partial charge in [0.2, 0.25) is 10.0 Å². The summed E-state index contributed by atoms with van der Waals surface area (Å²) in [4.78, 5) is 11.9. The van der Waals surface area contributed by atoms with Crippen LogP contribution in [0.25, 0.3) is 0 Å². The molecule has 0 bridgehead atoms. The Balaban J connectivity index is 3.00. The van der Waals surface area contributed by atoms with Crippen molar-refractivity contribution in [2.45, 2.75) is 13.3 Å². The van der Waals surface area contributed by atoms with Gasteiger partial charge in [-0.15, -0.1) is 0 Å². The molecule has 0 aromatic heterocycles. The van der Waals surface area contributed by atoms with Gasteiger partial charge in [0, 0.05) is 6.07 Å². The van der Waals surface area contributed by atoms with Gasteiger partial charge in [0.1, 0.15) is 11.5 Å². The number of hydrogen-bond acceptors (Lipinski definition) is 5. The van der Waals surface area contributed by atoms with E-state index in [1.54, 1.807) is 13.0 Å². The van der Waals surface area contributed by atoms with Crippen LogP contribution in [0.3, 0.4) is 0 Å². The highest BCUT2D eigenvalue weighted by Crippen LogP contribution is 2.24. The molecule has 0 atom stereocenters. The standard InChI is InChI=1S/C12H17NO5S/c1-4-7-19(15,16)13-12(14)10-6-5-9(17-2)8-11(10)18-3/h5-6,8H,4,7H2,1-3H3,(H,13,14). The van der Waals surface area contributed by atoms with E-state index in [1.165, 1.54) is 26.4 Å². The van der Waals surface area contributed by atoms with E-state index >= 15 is 0 Å². The number of amides is 1. The maximum absolute atomic E-state index is 11.9. The molecule has 0 aliphatic carbocycles. The average Bonchev–Trinajstić information content (AvgIpc) is 2.37. The van der Waals surface area contributed by atoms with Crippen molar-refractivity contribution in [2.24, 2.45) is 0 Å². The van der Waals surface area contributed by atoms with Gasteiger partial charge in [-0.25, -0.2) is 13.1 Å². The molecule has 0 saturated heterocycles. The van der Waals surface area contributed by atoms with Crippen LogP contribution in [0, 0.1) is 0 Å². The van der Waals surface area contributed by atoms with E-state index in [0.717, 1.165) is 0 Å². The largest absolute Gasteiger partial charge is 0.497 e. The topological polar surface area (TPSA) is 81.7 Å². The predicted octanol–water partition coefficient (Wildman–Crippen LogP) is 1.17. The normalized spacial score (nSPS) is 10.9. The maximum Gasteiger partial charge on any atom is 0.268 e. The smallest absolute Gasteiger partial charge is 0.268 e. The van der Waals surface area contributed by atoms with E-state index in [-0.39, 0.29) is 17.1 Å². The Labute approximate surface area is 112 Å². The molecule has 6 nitrogen and oxygen atoms in total. The molecule has 106 valence electrons. The van der Waals surface area contributed by atoms with Gasteiger partial charge in [0.25, 0.3) is 5.91 Å². The van der Waals surface area contributed by atoms with Crippen molar-refractivity contribution in [2.75, 3.05) is 20.0 Å². The van der Waals surface area contributed by atoms with Crippen LogP contribution in [0.4, 0.5) is 0 Å². The van der Waals surface area contributed by atoms with Gasteiger partial charge < -0.3 is 9.47 Å². The first-order valence-electron chi connectivity index (χ1n) is 5.70. The molecule has 0 spiro atoms. The SMILES string of the molecule is CCCS(=O)(=O)NC(=O)c1ccc(OC)cc1OC. The van der Waals surface area contributed by atoms with E-state index in [1.807, 2.05) is 4.72 Å². The van der Waals surface area contributed by atoms with Crippen LogP contribution in [-0.4, -0.2) is 34.3 Å².